The molecule has 4 heteroatoms. The Morgan fingerprint density at radius 3 is 2.67 bits per heavy atom. The summed E-state index contributed by atoms with van der Waals surface area (Å²) in [6, 6.07) is 0. The maximum atomic E-state index is 11.5. The molecule has 0 atom stereocenters. The summed E-state index contributed by atoms with van der Waals surface area (Å²) in [5, 5.41) is 5.80. The molecule has 1 aliphatic heterocycles. The number of hydrogen-bond acceptors (Lipinski definition) is 3. The third-order valence-corrected chi connectivity index (χ3v) is 2.36. The van der Waals surface area contributed by atoms with Crippen molar-refractivity contribution in [2.24, 2.45) is 0 Å². The molecule has 0 aliphatic carbocycles. The summed E-state index contributed by atoms with van der Waals surface area (Å²) >= 11 is 0. The number of carbonyl (C=O) groups excluding carboxylic acids is 1. The first-order chi connectivity index (χ1) is 6.87. The normalized spacial score (nSPS) is 18.8. The van der Waals surface area contributed by atoms with Crippen LogP contribution in [0.25, 0.3) is 0 Å². The number of ether oxygens (including phenoxy) is 1. The Labute approximate surface area is 90.8 Å². The van der Waals surface area contributed by atoms with E-state index in [0.717, 1.165) is 13.1 Å². The molecule has 1 amide bonds. The van der Waals surface area contributed by atoms with Crippen LogP contribution < -0.4 is 10.6 Å². The largest absolute Gasteiger partial charge is 0.363 e. The minimum Gasteiger partial charge on any atom is -0.363 e. The number of carbonyl (C=O) groups is 1. The van der Waals surface area contributed by atoms with E-state index in [2.05, 4.69) is 16.6 Å². The predicted molar refractivity (Wildman–Crippen MR) is 58.3 cm³/mol. The molecule has 0 unspecified atom stereocenters. The Balaban J connectivity index is 2.28. The van der Waals surface area contributed by atoms with Gasteiger partial charge in [-0.15, -0.1) is 6.42 Å². The highest BCUT2D eigenvalue weighted by atomic mass is 16.5. The van der Waals surface area contributed by atoms with Crippen molar-refractivity contribution in [3.05, 3.63) is 0 Å². The fourth-order valence-electron chi connectivity index (χ4n) is 1.24. The van der Waals surface area contributed by atoms with Crippen LogP contribution >= 0.6 is 0 Å². The predicted octanol–water partition coefficient (Wildman–Crippen LogP) is -0.107. The van der Waals surface area contributed by atoms with Crippen LogP contribution in [0.2, 0.25) is 0 Å². The minimum absolute atomic E-state index is 0.0588. The van der Waals surface area contributed by atoms with Gasteiger partial charge >= 0.3 is 0 Å². The van der Waals surface area contributed by atoms with Gasteiger partial charge in [-0.2, -0.15) is 0 Å². The van der Waals surface area contributed by atoms with Gasteiger partial charge < -0.3 is 15.4 Å². The van der Waals surface area contributed by atoms with Crippen molar-refractivity contribution in [3.63, 3.8) is 0 Å². The smallest absolute Gasteiger partial charge is 0.247 e. The molecule has 15 heavy (non-hydrogen) atoms. The fraction of sp³-hybridized carbons (Fsp3) is 0.727. The SMILES string of the molecule is C#CC(C)(C)NC(=O)COC1(C)CNC1. The summed E-state index contributed by atoms with van der Waals surface area (Å²) in [6.45, 7) is 7.17. The first kappa shape index (κ1) is 12.0. The summed E-state index contributed by atoms with van der Waals surface area (Å²) in [4.78, 5) is 11.5. The van der Waals surface area contributed by atoms with Crippen LogP contribution in [0.4, 0.5) is 0 Å². The molecular formula is C11H18N2O2. The molecule has 0 aromatic carbocycles. The fourth-order valence-corrected chi connectivity index (χ4v) is 1.24. The molecule has 0 spiro atoms. The van der Waals surface area contributed by atoms with Gasteiger partial charge in [0.05, 0.1) is 11.1 Å². The highest BCUT2D eigenvalue weighted by Crippen LogP contribution is 2.14. The molecule has 0 radical (unpaired) electrons. The van der Waals surface area contributed by atoms with E-state index >= 15 is 0 Å². The minimum atomic E-state index is -0.612. The monoisotopic (exact) mass is 210 g/mol. The Morgan fingerprint density at radius 2 is 2.27 bits per heavy atom. The van der Waals surface area contributed by atoms with Crippen molar-refractivity contribution in [2.75, 3.05) is 19.7 Å². The Morgan fingerprint density at radius 1 is 1.67 bits per heavy atom. The van der Waals surface area contributed by atoms with Gasteiger partial charge in [-0.25, -0.2) is 0 Å². The topological polar surface area (TPSA) is 50.4 Å². The average molecular weight is 210 g/mol. The maximum Gasteiger partial charge on any atom is 0.247 e. The van der Waals surface area contributed by atoms with Crippen molar-refractivity contribution in [1.29, 1.82) is 0 Å². The molecule has 1 fully saturated rings. The summed E-state index contributed by atoms with van der Waals surface area (Å²) in [5.41, 5.74) is -0.809. The Kier molecular flexibility index (Phi) is 3.38. The summed E-state index contributed by atoms with van der Waals surface area (Å²) in [6.07, 6.45) is 5.26. The first-order valence-electron chi connectivity index (χ1n) is 5.00. The number of terminal acetylenes is 1. The zero-order valence-electron chi connectivity index (χ0n) is 9.52. The van der Waals surface area contributed by atoms with Crippen LogP contribution in [0.3, 0.4) is 0 Å². The summed E-state index contributed by atoms with van der Waals surface area (Å²) in [5.74, 6) is 2.32. The molecule has 2 N–H and O–H groups in total. The lowest BCUT2D eigenvalue weighted by molar-refractivity contribution is -0.136. The third-order valence-electron chi connectivity index (χ3n) is 2.36. The van der Waals surface area contributed by atoms with Gasteiger partial charge in [0, 0.05) is 13.1 Å². The van der Waals surface area contributed by atoms with E-state index in [-0.39, 0.29) is 18.1 Å². The van der Waals surface area contributed by atoms with Gasteiger partial charge in [0.1, 0.15) is 6.61 Å². The summed E-state index contributed by atoms with van der Waals surface area (Å²) in [7, 11) is 0. The Bertz CT molecular complexity index is 287. The van der Waals surface area contributed by atoms with Gasteiger partial charge in [0.25, 0.3) is 0 Å². The lowest BCUT2D eigenvalue weighted by atomic mass is 10.0. The standard InChI is InChI=1S/C11H18N2O2/c1-5-10(2,3)13-9(14)6-15-11(4)7-12-8-11/h1,12H,6-8H2,2-4H3,(H,13,14). The molecule has 4 nitrogen and oxygen atoms in total. The van der Waals surface area contributed by atoms with E-state index in [0.29, 0.717) is 0 Å². The molecule has 1 rings (SSSR count). The molecule has 1 heterocycles. The highest BCUT2D eigenvalue weighted by Gasteiger charge is 2.33. The second kappa shape index (κ2) is 4.21. The van der Waals surface area contributed by atoms with Crippen molar-refractivity contribution >= 4 is 5.91 Å². The molecule has 84 valence electrons. The van der Waals surface area contributed by atoms with Crippen molar-refractivity contribution in [3.8, 4) is 12.3 Å². The third kappa shape index (κ3) is 3.54. The van der Waals surface area contributed by atoms with Crippen LogP contribution in [-0.4, -0.2) is 36.7 Å². The quantitative estimate of drug-likeness (QED) is 0.637. The van der Waals surface area contributed by atoms with Crippen molar-refractivity contribution < 1.29 is 9.53 Å². The molecule has 0 aromatic heterocycles. The highest BCUT2D eigenvalue weighted by molar-refractivity contribution is 5.78. The van der Waals surface area contributed by atoms with Crippen LogP contribution in [0.1, 0.15) is 20.8 Å². The molecule has 0 aromatic rings. The van der Waals surface area contributed by atoms with E-state index in [4.69, 9.17) is 11.2 Å². The van der Waals surface area contributed by atoms with Crippen LogP contribution in [0.15, 0.2) is 0 Å². The molecule has 1 saturated heterocycles. The van der Waals surface area contributed by atoms with Crippen molar-refractivity contribution in [1.82, 2.24) is 10.6 Å². The van der Waals surface area contributed by atoms with Gasteiger partial charge in [0.15, 0.2) is 0 Å². The lowest BCUT2D eigenvalue weighted by Crippen LogP contribution is -2.60. The van der Waals surface area contributed by atoms with E-state index in [1.165, 1.54) is 0 Å². The van der Waals surface area contributed by atoms with Gasteiger partial charge in [-0.1, -0.05) is 5.92 Å². The zero-order chi connectivity index (χ0) is 11.5. The van der Waals surface area contributed by atoms with E-state index in [1.54, 1.807) is 13.8 Å². The second-order valence-electron chi connectivity index (χ2n) is 4.66. The van der Waals surface area contributed by atoms with Crippen molar-refractivity contribution in [2.45, 2.75) is 31.9 Å². The zero-order valence-corrected chi connectivity index (χ0v) is 9.52. The van der Waals surface area contributed by atoms with Gasteiger partial charge in [-0.05, 0) is 20.8 Å². The van der Waals surface area contributed by atoms with E-state index in [9.17, 15) is 4.79 Å². The van der Waals surface area contributed by atoms with E-state index in [1.807, 2.05) is 6.92 Å². The van der Waals surface area contributed by atoms with Crippen LogP contribution in [0, 0.1) is 12.3 Å². The first-order valence-corrected chi connectivity index (χ1v) is 5.00. The van der Waals surface area contributed by atoms with Crippen LogP contribution in [0.5, 0.6) is 0 Å². The second-order valence-corrected chi connectivity index (χ2v) is 4.66. The number of rotatable bonds is 4. The summed E-state index contributed by atoms with van der Waals surface area (Å²) < 4.78 is 5.47. The molecule has 1 aliphatic rings. The number of nitrogens with one attached hydrogen (secondary N) is 2. The molecular weight excluding hydrogens is 192 g/mol. The molecule has 0 saturated carbocycles. The maximum absolute atomic E-state index is 11.5. The molecule has 0 bridgehead atoms. The Hall–Kier alpha value is -1.05. The number of hydrogen-bond donors (Lipinski definition) is 2. The van der Waals surface area contributed by atoms with E-state index < -0.39 is 5.54 Å². The van der Waals surface area contributed by atoms with Gasteiger partial charge in [0.2, 0.25) is 5.91 Å². The van der Waals surface area contributed by atoms with Crippen LogP contribution in [-0.2, 0) is 9.53 Å². The van der Waals surface area contributed by atoms with Gasteiger partial charge in [-0.3, -0.25) is 4.79 Å². The average Bonchev–Trinajstić information content (AvgIpc) is 2.11. The number of amides is 1. The lowest BCUT2D eigenvalue weighted by Gasteiger charge is -2.39.